The minimum Gasteiger partial charge on any atom is -0.381 e. The molecule has 2 aliphatic heterocycles. The van der Waals surface area contributed by atoms with Gasteiger partial charge in [-0.2, -0.15) is 9.78 Å². The highest BCUT2D eigenvalue weighted by molar-refractivity contribution is 5.78. The molecular weight excluding hydrogens is 626 g/mol. The van der Waals surface area contributed by atoms with Crippen molar-refractivity contribution >= 4 is 12.3 Å². The number of aryl methyl sites for hydroxylation is 1. The molecule has 2 aromatic heterocycles. The molecule has 2 saturated heterocycles. The van der Waals surface area contributed by atoms with E-state index in [9.17, 15) is 18.4 Å². The van der Waals surface area contributed by atoms with E-state index in [0.717, 1.165) is 57.9 Å². The van der Waals surface area contributed by atoms with E-state index in [0.29, 0.717) is 37.3 Å². The maximum Gasteiger partial charge on any atom is 0.243 e. The summed E-state index contributed by atoms with van der Waals surface area (Å²) < 4.78 is 34.6. The number of hydrogen-bond donors (Lipinski definition) is 3. The molecule has 274 valence electrons. The second kappa shape index (κ2) is 23.9. The second-order valence-electron chi connectivity index (χ2n) is 12.8. The normalized spacial score (nSPS) is 16.3. The molecule has 16 heteroatoms. The molecule has 2 unspecified atom stereocenters. The van der Waals surface area contributed by atoms with Crippen LogP contribution in [0.15, 0.2) is 17.2 Å². The average molecular weight is 685 g/mol. The first-order chi connectivity index (χ1) is 22.8. The van der Waals surface area contributed by atoms with Crippen molar-refractivity contribution in [2.75, 3.05) is 39.4 Å². The molecule has 2 aromatic rings. The van der Waals surface area contributed by atoms with Crippen LogP contribution in [0.4, 0.5) is 8.78 Å². The molecule has 0 bridgehead atoms. The number of amides is 2. The lowest BCUT2D eigenvalue weighted by Gasteiger charge is -2.30. The first kappa shape index (κ1) is 42.7. The van der Waals surface area contributed by atoms with Gasteiger partial charge in [-0.05, 0) is 57.7 Å². The fraction of sp³-hybridized carbons (Fsp3) is 0.781. The van der Waals surface area contributed by atoms with Crippen molar-refractivity contribution in [3.8, 4) is 0 Å². The van der Waals surface area contributed by atoms with Gasteiger partial charge in [0.1, 0.15) is 0 Å². The molecule has 0 radical (unpaired) electrons. The number of alkyl halides is 2. The Bertz CT molecular complexity index is 1140. The zero-order valence-electron chi connectivity index (χ0n) is 29.9. The van der Waals surface area contributed by atoms with Crippen LogP contribution in [0.5, 0.6) is 0 Å². The van der Waals surface area contributed by atoms with Gasteiger partial charge in [0.15, 0.2) is 11.6 Å². The topological polar surface area (TPSA) is 165 Å². The van der Waals surface area contributed by atoms with Crippen molar-refractivity contribution in [1.29, 1.82) is 0 Å². The lowest BCUT2D eigenvalue weighted by Crippen LogP contribution is -2.41. The summed E-state index contributed by atoms with van der Waals surface area (Å²) >= 11 is 0. The number of carbonyl (C=O) groups excluding carboxylic acids is 2. The zero-order valence-corrected chi connectivity index (χ0v) is 29.9. The number of tetrazole rings is 1. The maximum atomic E-state index is 12.2. The highest BCUT2D eigenvalue weighted by Gasteiger charge is 2.23. The Balaban J connectivity index is 0.000000406. The van der Waals surface area contributed by atoms with Crippen LogP contribution in [0.1, 0.15) is 104 Å². The van der Waals surface area contributed by atoms with E-state index < -0.39 is 18.8 Å². The molecular formula is C32H58F2N10O4. The van der Waals surface area contributed by atoms with E-state index in [4.69, 9.17) is 9.26 Å². The lowest BCUT2D eigenvalue weighted by molar-refractivity contribution is -0.125. The lowest BCUT2D eigenvalue weighted by atomic mass is 9.96. The van der Waals surface area contributed by atoms with Crippen molar-refractivity contribution in [3.63, 3.8) is 0 Å². The van der Waals surface area contributed by atoms with Crippen LogP contribution >= 0.6 is 0 Å². The van der Waals surface area contributed by atoms with Gasteiger partial charge in [0.05, 0.1) is 19.6 Å². The van der Waals surface area contributed by atoms with Crippen LogP contribution in [0, 0.1) is 5.92 Å². The number of allylic oxidation sites excluding steroid dienone is 1. The maximum absolute atomic E-state index is 12.2. The molecule has 3 N–H and O–H groups in total. The Labute approximate surface area is 284 Å². The van der Waals surface area contributed by atoms with Crippen molar-refractivity contribution in [2.45, 2.75) is 111 Å². The summed E-state index contributed by atoms with van der Waals surface area (Å²) in [6, 6.07) is 0.227. The van der Waals surface area contributed by atoms with Gasteiger partial charge in [-0.1, -0.05) is 38.9 Å². The molecule has 0 spiro atoms. The summed E-state index contributed by atoms with van der Waals surface area (Å²) in [7, 11) is 1.76. The summed E-state index contributed by atoms with van der Waals surface area (Å²) in [6.07, 6.45) is 4.87. The Morgan fingerprint density at radius 3 is 2.27 bits per heavy atom. The SMILES string of the molecule is C1CCOC1.C=CC.CC(CC(F)F)C(=O)NCCCNC(C)c1nc(C(C)(C)C)no1.Cn1nnc(CN2CCC(NC=O)CC2)n1. The van der Waals surface area contributed by atoms with E-state index in [1.165, 1.54) is 24.6 Å². The van der Waals surface area contributed by atoms with Gasteiger partial charge in [-0.25, -0.2) is 8.78 Å². The number of likely N-dealkylation sites (tertiary alicyclic amines) is 1. The minimum absolute atomic E-state index is 0.0953. The average Bonchev–Trinajstić information content (AvgIpc) is 3.83. The Hall–Kier alpha value is -3.37. The third-order valence-electron chi connectivity index (χ3n) is 7.20. The van der Waals surface area contributed by atoms with Crippen molar-refractivity contribution < 1.29 is 27.6 Å². The summed E-state index contributed by atoms with van der Waals surface area (Å²) in [4.78, 5) is 30.0. The highest BCUT2D eigenvalue weighted by atomic mass is 19.3. The number of hydrogen-bond acceptors (Lipinski definition) is 11. The van der Waals surface area contributed by atoms with E-state index >= 15 is 0 Å². The third-order valence-corrected chi connectivity index (χ3v) is 7.20. The Morgan fingerprint density at radius 1 is 1.15 bits per heavy atom. The fourth-order valence-corrected chi connectivity index (χ4v) is 4.42. The monoisotopic (exact) mass is 684 g/mol. The second-order valence-corrected chi connectivity index (χ2v) is 12.8. The van der Waals surface area contributed by atoms with Gasteiger partial charge in [0, 0.05) is 56.6 Å². The molecule has 4 heterocycles. The van der Waals surface area contributed by atoms with Crippen molar-refractivity contribution in [2.24, 2.45) is 13.0 Å². The molecule has 0 saturated carbocycles. The summed E-state index contributed by atoms with van der Waals surface area (Å²) in [5.74, 6) is 0.923. The Morgan fingerprint density at radius 2 is 1.79 bits per heavy atom. The molecule has 2 amide bonds. The van der Waals surface area contributed by atoms with E-state index in [1.807, 2.05) is 34.6 Å². The van der Waals surface area contributed by atoms with Crippen molar-refractivity contribution in [3.05, 3.63) is 30.2 Å². The number of nitrogens with one attached hydrogen (secondary N) is 3. The number of nitrogens with zero attached hydrogens (tertiary/aromatic N) is 7. The third kappa shape index (κ3) is 18.8. The number of rotatable bonds is 13. The van der Waals surface area contributed by atoms with Gasteiger partial charge in [-0.3, -0.25) is 14.5 Å². The molecule has 2 atom stereocenters. The summed E-state index contributed by atoms with van der Waals surface area (Å²) in [5, 5.41) is 24.6. The molecule has 14 nitrogen and oxygen atoms in total. The smallest absolute Gasteiger partial charge is 0.243 e. The Kier molecular flexibility index (Phi) is 21.2. The quantitative estimate of drug-likeness (QED) is 0.160. The summed E-state index contributed by atoms with van der Waals surface area (Å²) in [6.45, 7) is 20.4. The number of piperidine rings is 1. The van der Waals surface area contributed by atoms with Gasteiger partial charge < -0.3 is 25.2 Å². The standard InChI is InChI=1S/C16H28F2N4O2.C9H16N6O.C4H8O.C3H6/c1-10(9-12(17)18)13(23)20-8-6-7-19-11(2)14-21-15(22-24-14)16(3,4)5;1-14-12-9(11-13-14)6-15-4-2-8(3-5-15)10-7-16;1-2-4-5-3-1;1-3-2/h10-12,19H,6-9H2,1-5H3,(H,20,23);7-8H,2-6H2,1H3,(H,10,16);1-4H2;3H,1H2,2H3. The first-order valence-electron chi connectivity index (χ1n) is 16.7. The van der Waals surface area contributed by atoms with Gasteiger partial charge in [0.25, 0.3) is 0 Å². The predicted molar refractivity (Wildman–Crippen MR) is 179 cm³/mol. The van der Waals surface area contributed by atoms with Crippen LogP contribution in [0.3, 0.4) is 0 Å². The number of ether oxygens (including phenoxy) is 1. The molecule has 0 aliphatic carbocycles. The molecule has 2 aliphatic rings. The summed E-state index contributed by atoms with van der Waals surface area (Å²) in [5.41, 5.74) is -0.166. The number of halogens is 2. The molecule has 4 rings (SSSR count). The van der Waals surface area contributed by atoms with E-state index in [-0.39, 0.29) is 17.4 Å². The molecule has 0 aromatic carbocycles. The van der Waals surface area contributed by atoms with Gasteiger partial charge in [-0.15, -0.1) is 16.8 Å². The van der Waals surface area contributed by atoms with Crippen molar-refractivity contribution in [1.82, 2.24) is 51.2 Å². The first-order valence-corrected chi connectivity index (χ1v) is 16.7. The predicted octanol–water partition coefficient (Wildman–Crippen LogP) is 3.72. The number of carbonyl (C=O) groups is 2. The van der Waals surface area contributed by atoms with Crippen LogP contribution in [0.25, 0.3) is 0 Å². The van der Waals surface area contributed by atoms with Gasteiger partial charge in [0.2, 0.25) is 24.6 Å². The highest BCUT2D eigenvalue weighted by Crippen LogP contribution is 2.20. The van der Waals surface area contributed by atoms with Crippen LogP contribution < -0.4 is 16.0 Å². The fourth-order valence-electron chi connectivity index (χ4n) is 4.42. The van der Waals surface area contributed by atoms with Crippen LogP contribution in [0.2, 0.25) is 0 Å². The molecule has 2 fully saturated rings. The van der Waals surface area contributed by atoms with Gasteiger partial charge >= 0.3 is 0 Å². The van der Waals surface area contributed by atoms with E-state index in [2.05, 4.69) is 53.0 Å². The largest absolute Gasteiger partial charge is 0.381 e. The van der Waals surface area contributed by atoms with Crippen LogP contribution in [-0.4, -0.2) is 99.4 Å². The zero-order chi connectivity index (χ0) is 36.0. The van der Waals surface area contributed by atoms with E-state index in [1.54, 1.807) is 13.1 Å². The molecule has 48 heavy (non-hydrogen) atoms. The number of aromatic nitrogens is 6. The van der Waals surface area contributed by atoms with Crippen LogP contribution in [-0.2, 0) is 33.3 Å². The minimum atomic E-state index is -2.46.